The minimum Gasteiger partial charge on any atom is -0.494 e. The van der Waals surface area contributed by atoms with E-state index >= 15 is 0 Å². The van der Waals surface area contributed by atoms with Crippen molar-refractivity contribution in [3.05, 3.63) is 64.8 Å². The molecule has 0 saturated carbocycles. The van der Waals surface area contributed by atoms with Crippen molar-refractivity contribution in [1.82, 2.24) is 20.0 Å². The summed E-state index contributed by atoms with van der Waals surface area (Å²) < 4.78 is 24.6. The zero-order valence-electron chi connectivity index (χ0n) is 16.1. The Hall–Kier alpha value is -2.48. The molecule has 29 heavy (non-hydrogen) atoms. The molecule has 1 aliphatic rings. The van der Waals surface area contributed by atoms with Gasteiger partial charge in [0.1, 0.15) is 0 Å². The van der Waals surface area contributed by atoms with Gasteiger partial charge >= 0.3 is 0 Å². The van der Waals surface area contributed by atoms with E-state index in [1.807, 2.05) is 18.2 Å². The Morgan fingerprint density at radius 2 is 1.69 bits per heavy atom. The van der Waals surface area contributed by atoms with Crippen LogP contribution < -0.4 is 4.74 Å². The highest BCUT2D eigenvalue weighted by atomic mass is 35.5. The molecule has 0 atom stereocenters. The van der Waals surface area contributed by atoms with Crippen LogP contribution in [0.5, 0.6) is 5.75 Å². The fourth-order valence-electron chi connectivity index (χ4n) is 3.39. The summed E-state index contributed by atoms with van der Waals surface area (Å²) in [7, 11) is 1.47. The van der Waals surface area contributed by atoms with Crippen molar-refractivity contribution in [3.63, 3.8) is 0 Å². The molecule has 0 unspecified atom stereocenters. The molecule has 1 saturated heterocycles. The van der Waals surface area contributed by atoms with Crippen LogP contribution in [0.15, 0.2) is 46.9 Å². The van der Waals surface area contributed by atoms with Crippen LogP contribution in [0.4, 0.5) is 4.39 Å². The maximum Gasteiger partial charge on any atom is 0.247 e. The summed E-state index contributed by atoms with van der Waals surface area (Å²) in [5, 5.41) is 8.97. The van der Waals surface area contributed by atoms with Gasteiger partial charge in [0, 0.05) is 43.3 Å². The van der Waals surface area contributed by atoms with E-state index in [1.165, 1.54) is 7.11 Å². The number of rotatable bonds is 6. The Balaban J connectivity index is 1.29. The summed E-state index contributed by atoms with van der Waals surface area (Å²) in [5.41, 5.74) is 1.80. The second-order valence-electron chi connectivity index (χ2n) is 7.03. The highest BCUT2D eigenvalue weighted by molar-refractivity contribution is 6.30. The van der Waals surface area contributed by atoms with Crippen LogP contribution in [0.1, 0.15) is 11.5 Å². The Kier molecular flexibility index (Phi) is 6.08. The first-order valence-electron chi connectivity index (χ1n) is 9.46. The molecule has 1 fully saturated rings. The largest absolute Gasteiger partial charge is 0.494 e. The van der Waals surface area contributed by atoms with Crippen molar-refractivity contribution in [2.24, 2.45) is 0 Å². The molecular formula is C21H22ClFN4O2. The van der Waals surface area contributed by atoms with E-state index in [1.54, 1.807) is 24.3 Å². The number of methoxy groups -OCH3 is 1. The number of piperazine rings is 1. The van der Waals surface area contributed by atoms with E-state index in [2.05, 4.69) is 20.0 Å². The van der Waals surface area contributed by atoms with Crippen LogP contribution in [-0.4, -0.2) is 53.3 Å². The van der Waals surface area contributed by atoms with E-state index in [-0.39, 0.29) is 11.6 Å². The molecule has 0 aliphatic carbocycles. The number of hydrogen-bond donors (Lipinski definition) is 0. The Morgan fingerprint density at radius 3 is 2.34 bits per heavy atom. The zero-order chi connectivity index (χ0) is 20.2. The van der Waals surface area contributed by atoms with Gasteiger partial charge in [-0.3, -0.25) is 9.80 Å². The lowest BCUT2D eigenvalue weighted by Crippen LogP contribution is -2.45. The van der Waals surface area contributed by atoms with Gasteiger partial charge in [-0.15, -0.1) is 10.2 Å². The minimum absolute atomic E-state index is 0.274. The molecule has 152 valence electrons. The van der Waals surface area contributed by atoms with E-state index in [0.29, 0.717) is 23.3 Å². The molecule has 3 aromatic rings. The van der Waals surface area contributed by atoms with Gasteiger partial charge in [0.2, 0.25) is 11.8 Å². The molecule has 1 aliphatic heterocycles. The average Bonchev–Trinajstić information content (AvgIpc) is 3.19. The zero-order valence-corrected chi connectivity index (χ0v) is 16.9. The van der Waals surface area contributed by atoms with E-state index in [0.717, 1.165) is 43.9 Å². The topological polar surface area (TPSA) is 54.6 Å². The molecule has 2 aromatic carbocycles. The molecule has 6 nitrogen and oxygen atoms in total. The van der Waals surface area contributed by atoms with Gasteiger partial charge in [-0.1, -0.05) is 17.7 Å². The number of nitrogens with zero attached hydrogens (tertiary/aromatic N) is 4. The lowest BCUT2D eigenvalue weighted by atomic mass is 10.2. The number of benzene rings is 2. The van der Waals surface area contributed by atoms with Gasteiger partial charge in [0.15, 0.2) is 11.6 Å². The molecule has 2 heterocycles. The maximum atomic E-state index is 13.9. The van der Waals surface area contributed by atoms with Gasteiger partial charge in [-0.25, -0.2) is 4.39 Å². The van der Waals surface area contributed by atoms with E-state index in [4.69, 9.17) is 20.8 Å². The summed E-state index contributed by atoms with van der Waals surface area (Å²) in [4.78, 5) is 4.59. The van der Waals surface area contributed by atoms with Crippen molar-refractivity contribution in [2.75, 3.05) is 33.3 Å². The third kappa shape index (κ3) is 4.93. The summed E-state index contributed by atoms with van der Waals surface area (Å²) in [6, 6.07) is 12.5. The number of halogens is 2. The molecule has 8 heteroatoms. The number of aromatic nitrogens is 2. The highest BCUT2D eigenvalue weighted by Gasteiger charge is 2.20. The monoisotopic (exact) mass is 416 g/mol. The molecule has 0 bridgehead atoms. The average molecular weight is 417 g/mol. The third-order valence-electron chi connectivity index (χ3n) is 5.00. The van der Waals surface area contributed by atoms with Crippen LogP contribution >= 0.6 is 11.6 Å². The molecule has 0 radical (unpaired) electrons. The summed E-state index contributed by atoms with van der Waals surface area (Å²) >= 11 is 5.92. The smallest absolute Gasteiger partial charge is 0.247 e. The lowest BCUT2D eigenvalue weighted by molar-refractivity contribution is 0.114. The highest BCUT2D eigenvalue weighted by Crippen LogP contribution is 2.22. The predicted octanol–water partition coefficient (Wildman–Crippen LogP) is 3.86. The first-order valence-corrected chi connectivity index (χ1v) is 9.84. The van der Waals surface area contributed by atoms with Crippen molar-refractivity contribution in [3.8, 4) is 17.2 Å². The second kappa shape index (κ2) is 8.90. The minimum atomic E-state index is -0.323. The molecular weight excluding hydrogens is 395 g/mol. The summed E-state index contributed by atoms with van der Waals surface area (Å²) in [5.74, 6) is 1.05. The van der Waals surface area contributed by atoms with Gasteiger partial charge in [0.25, 0.3) is 0 Å². The first kappa shape index (κ1) is 19.8. The van der Waals surface area contributed by atoms with Crippen molar-refractivity contribution < 1.29 is 13.5 Å². The summed E-state index contributed by atoms with van der Waals surface area (Å²) in [6.07, 6.45) is 0. The normalized spacial score (nSPS) is 15.6. The van der Waals surface area contributed by atoms with Crippen LogP contribution in [-0.2, 0) is 13.1 Å². The first-order chi connectivity index (χ1) is 14.1. The fourth-order valence-corrected chi connectivity index (χ4v) is 3.52. The third-order valence-corrected chi connectivity index (χ3v) is 5.26. The van der Waals surface area contributed by atoms with Crippen LogP contribution in [0.3, 0.4) is 0 Å². The Labute approximate surface area is 173 Å². The molecule has 0 spiro atoms. The van der Waals surface area contributed by atoms with E-state index < -0.39 is 0 Å². The van der Waals surface area contributed by atoms with Gasteiger partial charge < -0.3 is 9.15 Å². The number of ether oxygens (including phenoxy) is 1. The van der Waals surface area contributed by atoms with Crippen LogP contribution in [0.25, 0.3) is 11.5 Å². The van der Waals surface area contributed by atoms with Crippen molar-refractivity contribution in [2.45, 2.75) is 13.1 Å². The molecule has 0 N–H and O–H groups in total. The summed E-state index contributed by atoms with van der Waals surface area (Å²) in [6.45, 7) is 4.90. The molecule has 4 rings (SSSR count). The lowest BCUT2D eigenvalue weighted by Gasteiger charge is -2.33. The Bertz CT molecular complexity index is 956. The second-order valence-corrected chi connectivity index (χ2v) is 7.47. The quantitative estimate of drug-likeness (QED) is 0.608. The van der Waals surface area contributed by atoms with Gasteiger partial charge in [-0.05, 0) is 42.0 Å². The number of hydrogen-bond acceptors (Lipinski definition) is 6. The van der Waals surface area contributed by atoms with Gasteiger partial charge in [-0.2, -0.15) is 0 Å². The maximum absolute atomic E-state index is 13.9. The SMILES string of the molecule is COc1ccc(CN2CCN(Cc3nnc(-c4ccc(Cl)cc4)o3)CC2)cc1F. The van der Waals surface area contributed by atoms with Crippen molar-refractivity contribution in [1.29, 1.82) is 0 Å². The van der Waals surface area contributed by atoms with Crippen LogP contribution in [0.2, 0.25) is 5.02 Å². The van der Waals surface area contributed by atoms with Crippen molar-refractivity contribution >= 4 is 11.6 Å². The molecule has 0 amide bonds. The standard InChI is InChI=1S/C21H22ClFN4O2/c1-28-19-7-2-15(12-18(19)23)13-26-8-10-27(11-9-26)14-20-24-25-21(29-20)16-3-5-17(22)6-4-16/h2-7,12H,8-11,13-14H2,1H3. The predicted molar refractivity (Wildman–Crippen MR) is 108 cm³/mol. The van der Waals surface area contributed by atoms with Gasteiger partial charge in [0.05, 0.1) is 13.7 Å². The Morgan fingerprint density at radius 1 is 1.00 bits per heavy atom. The molecule has 1 aromatic heterocycles. The fraction of sp³-hybridized carbons (Fsp3) is 0.333. The van der Waals surface area contributed by atoms with E-state index in [9.17, 15) is 4.39 Å². The van der Waals surface area contributed by atoms with Crippen LogP contribution in [0, 0.1) is 5.82 Å².